The summed E-state index contributed by atoms with van der Waals surface area (Å²) < 4.78 is 0. The van der Waals surface area contributed by atoms with E-state index in [1.54, 1.807) is 0 Å². The normalized spacial score (nSPS) is 13.1. The quantitative estimate of drug-likeness (QED) is 0.689. The highest BCUT2D eigenvalue weighted by Crippen LogP contribution is 2.09. The summed E-state index contributed by atoms with van der Waals surface area (Å²) in [5.74, 6) is 1.56. The number of carbonyl (C=O) groups excluding carboxylic acids is 1. The van der Waals surface area contributed by atoms with Crippen LogP contribution < -0.4 is 5.73 Å². The molecule has 1 unspecified atom stereocenters. The van der Waals surface area contributed by atoms with Crippen LogP contribution in [0.3, 0.4) is 0 Å². The van der Waals surface area contributed by atoms with Crippen LogP contribution in [0.1, 0.15) is 60.3 Å². The number of amides is 1. The minimum absolute atomic E-state index is 0.117. The second-order valence-corrected chi connectivity index (χ2v) is 6.26. The molecule has 0 aliphatic carbocycles. The predicted octanol–water partition coefficient (Wildman–Crippen LogP) is 3.03. The van der Waals surface area contributed by atoms with Crippen molar-refractivity contribution in [2.45, 2.75) is 66.3 Å². The van der Waals surface area contributed by atoms with Crippen molar-refractivity contribution in [2.75, 3.05) is 13.1 Å². The smallest absolute Gasteiger partial charge is 0.222 e. The number of carbonyl (C=O) groups is 1. The third kappa shape index (κ3) is 9.46. The summed E-state index contributed by atoms with van der Waals surface area (Å²) in [6.07, 6.45) is 3.55. The summed E-state index contributed by atoms with van der Waals surface area (Å²) >= 11 is 0. The van der Waals surface area contributed by atoms with Gasteiger partial charge in [0.2, 0.25) is 5.91 Å². The average Bonchev–Trinajstić information content (AvgIpc) is 2.25. The van der Waals surface area contributed by atoms with Gasteiger partial charge in [-0.25, -0.2) is 0 Å². The Labute approximate surface area is 113 Å². The molecule has 108 valence electrons. The first kappa shape index (κ1) is 17.4. The number of nitrogens with zero attached hydrogens (tertiary/aromatic N) is 1. The van der Waals surface area contributed by atoms with Gasteiger partial charge in [0.25, 0.3) is 0 Å². The molecule has 0 bridgehead atoms. The zero-order chi connectivity index (χ0) is 14.1. The molecule has 0 heterocycles. The summed E-state index contributed by atoms with van der Waals surface area (Å²) in [5.41, 5.74) is 5.71. The minimum atomic E-state index is 0.117. The summed E-state index contributed by atoms with van der Waals surface area (Å²) in [5, 5.41) is 0. The van der Waals surface area contributed by atoms with Crippen molar-refractivity contribution >= 4 is 5.91 Å². The van der Waals surface area contributed by atoms with E-state index >= 15 is 0 Å². The van der Waals surface area contributed by atoms with Gasteiger partial charge >= 0.3 is 0 Å². The Bertz CT molecular complexity index is 213. The first-order chi connectivity index (χ1) is 8.32. The number of rotatable bonds is 9. The Hall–Kier alpha value is -0.570. The minimum Gasteiger partial charge on any atom is -0.343 e. The summed E-state index contributed by atoms with van der Waals surface area (Å²) in [4.78, 5) is 14.2. The predicted molar refractivity (Wildman–Crippen MR) is 78.4 cm³/mol. The summed E-state index contributed by atoms with van der Waals surface area (Å²) in [6, 6.07) is 0.117. The molecule has 0 aromatic heterocycles. The highest BCUT2D eigenvalue weighted by atomic mass is 16.2. The topological polar surface area (TPSA) is 46.3 Å². The van der Waals surface area contributed by atoms with Gasteiger partial charge in [-0.2, -0.15) is 0 Å². The van der Waals surface area contributed by atoms with E-state index in [1.807, 2.05) is 11.8 Å². The van der Waals surface area contributed by atoms with E-state index in [0.717, 1.165) is 32.4 Å². The summed E-state index contributed by atoms with van der Waals surface area (Å²) in [6.45, 7) is 12.5. The highest BCUT2D eigenvalue weighted by molar-refractivity contribution is 5.76. The molecule has 0 spiro atoms. The van der Waals surface area contributed by atoms with Crippen LogP contribution in [0.25, 0.3) is 0 Å². The average molecular weight is 256 g/mol. The van der Waals surface area contributed by atoms with Crippen molar-refractivity contribution in [3.8, 4) is 0 Å². The molecular formula is C15H32N2O. The number of hydrogen-bond acceptors (Lipinski definition) is 2. The Balaban J connectivity index is 4.20. The SMILES string of the molecule is CC(C)CCN(CCC(C)C)C(=O)CCC(C)N. The van der Waals surface area contributed by atoms with E-state index < -0.39 is 0 Å². The maximum Gasteiger partial charge on any atom is 0.222 e. The van der Waals surface area contributed by atoms with Gasteiger partial charge in [0.05, 0.1) is 0 Å². The Morgan fingerprint density at radius 3 is 1.72 bits per heavy atom. The van der Waals surface area contributed by atoms with Crippen LogP contribution in [-0.4, -0.2) is 29.9 Å². The molecule has 0 aliphatic heterocycles. The maximum atomic E-state index is 12.1. The van der Waals surface area contributed by atoms with Gasteiger partial charge in [0.15, 0.2) is 0 Å². The van der Waals surface area contributed by atoms with Crippen LogP contribution in [0.5, 0.6) is 0 Å². The molecule has 0 aliphatic rings. The second kappa shape index (κ2) is 9.37. The number of hydrogen-bond donors (Lipinski definition) is 1. The van der Waals surface area contributed by atoms with Crippen LogP contribution in [0, 0.1) is 11.8 Å². The van der Waals surface area contributed by atoms with Crippen LogP contribution in [0.2, 0.25) is 0 Å². The highest BCUT2D eigenvalue weighted by Gasteiger charge is 2.14. The van der Waals surface area contributed by atoms with E-state index in [2.05, 4.69) is 27.7 Å². The molecule has 1 atom stereocenters. The molecule has 3 heteroatoms. The lowest BCUT2D eigenvalue weighted by Crippen LogP contribution is -2.34. The van der Waals surface area contributed by atoms with Crippen LogP contribution in [-0.2, 0) is 4.79 Å². The van der Waals surface area contributed by atoms with E-state index in [1.165, 1.54) is 0 Å². The van der Waals surface area contributed by atoms with Crippen molar-refractivity contribution in [3.63, 3.8) is 0 Å². The van der Waals surface area contributed by atoms with Crippen molar-refractivity contribution < 1.29 is 4.79 Å². The zero-order valence-electron chi connectivity index (χ0n) is 12.9. The van der Waals surface area contributed by atoms with Gasteiger partial charge in [-0.1, -0.05) is 27.7 Å². The molecule has 3 nitrogen and oxygen atoms in total. The molecule has 0 saturated heterocycles. The fourth-order valence-corrected chi connectivity index (χ4v) is 1.70. The van der Waals surface area contributed by atoms with Gasteiger partial charge in [0.1, 0.15) is 0 Å². The fourth-order valence-electron chi connectivity index (χ4n) is 1.70. The molecule has 1 amide bonds. The molecule has 0 rings (SSSR count). The lowest BCUT2D eigenvalue weighted by Gasteiger charge is -2.25. The Morgan fingerprint density at radius 1 is 0.944 bits per heavy atom. The first-order valence-electron chi connectivity index (χ1n) is 7.36. The molecule has 18 heavy (non-hydrogen) atoms. The first-order valence-corrected chi connectivity index (χ1v) is 7.36. The van der Waals surface area contributed by atoms with E-state index in [9.17, 15) is 4.79 Å². The monoisotopic (exact) mass is 256 g/mol. The summed E-state index contributed by atoms with van der Waals surface area (Å²) in [7, 11) is 0. The maximum absolute atomic E-state index is 12.1. The van der Waals surface area contributed by atoms with Crippen molar-refractivity contribution in [1.29, 1.82) is 0 Å². The standard InChI is InChI=1S/C15H32N2O/c1-12(2)8-10-17(11-9-13(3)4)15(18)7-6-14(5)16/h12-14H,6-11,16H2,1-5H3. The number of nitrogens with two attached hydrogens (primary N) is 1. The fraction of sp³-hybridized carbons (Fsp3) is 0.933. The molecule has 0 radical (unpaired) electrons. The zero-order valence-corrected chi connectivity index (χ0v) is 12.9. The lowest BCUT2D eigenvalue weighted by molar-refractivity contribution is -0.131. The molecule has 0 fully saturated rings. The third-order valence-corrected chi connectivity index (χ3v) is 3.12. The largest absolute Gasteiger partial charge is 0.343 e. The van der Waals surface area contributed by atoms with Gasteiger partial charge in [-0.3, -0.25) is 4.79 Å². The van der Waals surface area contributed by atoms with Crippen LogP contribution in [0.15, 0.2) is 0 Å². The molecule has 2 N–H and O–H groups in total. The molecule has 0 aromatic rings. The van der Waals surface area contributed by atoms with Crippen LogP contribution >= 0.6 is 0 Å². The lowest BCUT2D eigenvalue weighted by atomic mass is 10.1. The van der Waals surface area contributed by atoms with Crippen molar-refractivity contribution in [2.24, 2.45) is 17.6 Å². The Morgan fingerprint density at radius 2 is 1.39 bits per heavy atom. The second-order valence-electron chi connectivity index (χ2n) is 6.26. The van der Waals surface area contributed by atoms with Gasteiger partial charge < -0.3 is 10.6 Å². The van der Waals surface area contributed by atoms with E-state index in [-0.39, 0.29) is 11.9 Å². The van der Waals surface area contributed by atoms with Crippen molar-refractivity contribution in [3.05, 3.63) is 0 Å². The van der Waals surface area contributed by atoms with Crippen LogP contribution in [0.4, 0.5) is 0 Å². The van der Waals surface area contributed by atoms with E-state index in [0.29, 0.717) is 18.3 Å². The van der Waals surface area contributed by atoms with E-state index in [4.69, 9.17) is 5.73 Å². The molecule has 0 aromatic carbocycles. The molecular weight excluding hydrogens is 224 g/mol. The van der Waals surface area contributed by atoms with Gasteiger partial charge in [-0.15, -0.1) is 0 Å². The Kier molecular flexibility index (Phi) is 9.08. The molecule has 0 saturated carbocycles. The van der Waals surface area contributed by atoms with Gasteiger partial charge in [-0.05, 0) is 38.0 Å². The van der Waals surface area contributed by atoms with Gasteiger partial charge in [0, 0.05) is 25.6 Å². The van der Waals surface area contributed by atoms with Crippen molar-refractivity contribution in [1.82, 2.24) is 4.90 Å². The third-order valence-electron chi connectivity index (χ3n) is 3.12.